The summed E-state index contributed by atoms with van der Waals surface area (Å²) in [5, 5.41) is 0. The van der Waals surface area contributed by atoms with Crippen LogP contribution >= 0.6 is 15.9 Å². The highest BCUT2D eigenvalue weighted by molar-refractivity contribution is 9.10. The number of hydrogen-bond acceptors (Lipinski definition) is 0. The minimum Gasteiger partial charge on any atom is -0.337 e. The summed E-state index contributed by atoms with van der Waals surface area (Å²) in [6.07, 6.45) is 1.69. The van der Waals surface area contributed by atoms with Gasteiger partial charge in [-0.15, -0.1) is 0 Å². The summed E-state index contributed by atoms with van der Waals surface area (Å²) in [5.74, 6) is -0.296. The maximum Gasteiger partial charge on any atom is 0.205 e. The molecule has 0 unspecified atom stereocenters. The Labute approximate surface area is 74.1 Å². The number of aromatic nitrogens is 1. The van der Waals surface area contributed by atoms with Gasteiger partial charge in [0.05, 0.1) is 4.47 Å². The van der Waals surface area contributed by atoms with E-state index >= 15 is 0 Å². The Morgan fingerprint density at radius 2 is 2.00 bits per heavy atom. The third-order valence-electron chi connectivity index (χ3n) is 1.58. The van der Waals surface area contributed by atoms with Crippen LogP contribution in [-0.4, -0.2) is 4.98 Å². The molecular weight excluding hydrogens is 209 g/mol. The molecule has 1 rings (SSSR count). The summed E-state index contributed by atoms with van der Waals surface area (Å²) in [4.78, 5) is 2.53. The van der Waals surface area contributed by atoms with Crippen LogP contribution in [-0.2, 0) is 5.41 Å². The van der Waals surface area contributed by atoms with Crippen molar-refractivity contribution in [1.82, 2.24) is 4.98 Å². The van der Waals surface area contributed by atoms with E-state index in [0.29, 0.717) is 4.47 Å². The quantitative estimate of drug-likeness (QED) is 0.690. The topological polar surface area (TPSA) is 15.8 Å². The molecule has 0 aliphatic heterocycles. The van der Waals surface area contributed by atoms with E-state index in [9.17, 15) is 4.39 Å². The predicted molar refractivity (Wildman–Crippen MR) is 47.2 cm³/mol. The van der Waals surface area contributed by atoms with Crippen molar-refractivity contribution in [3.63, 3.8) is 0 Å². The molecule has 3 heteroatoms. The van der Waals surface area contributed by atoms with Gasteiger partial charge in [-0.25, -0.2) is 0 Å². The molecule has 1 aromatic rings. The maximum absolute atomic E-state index is 12.8. The third kappa shape index (κ3) is 1.64. The molecule has 0 aromatic carbocycles. The molecule has 0 fully saturated rings. The molecule has 0 bridgehead atoms. The van der Waals surface area contributed by atoms with Crippen molar-refractivity contribution in [1.29, 1.82) is 0 Å². The Kier molecular flexibility index (Phi) is 2.10. The van der Waals surface area contributed by atoms with Crippen LogP contribution < -0.4 is 0 Å². The molecule has 0 amide bonds. The smallest absolute Gasteiger partial charge is 0.205 e. The van der Waals surface area contributed by atoms with E-state index < -0.39 is 0 Å². The van der Waals surface area contributed by atoms with Gasteiger partial charge in [-0.2, -0.15) is 4.39 Å². The van der Waals surface area contributed by atoms with Gasteiger partial charge in [0.1, 0.15) is 0 Å². The molecule has 0 aliphatic rings. The summed E-state index contributed by atoms with van der Waals surface area (Å²) >= 11 is 3.18. The van der Waals surface area contributed by atoms with Gasteiger partial charge < -0.3 is 4.98 Å². The molecule has 1 heterocycles. The molecule has 1 aromatic heterocycles. The first kappa shape index (κ1) is 8.78. The SMILES string of the molecule is CC(C)(C)c1c[nH]c(F)c1Br. The number of hydrogen-bond donors (Lipinski definition) is 1. The molecule has 1 nitrogen and oxygen atoms in total. The summed E-state index contributed by atoms with van der Waals surface area (Å²) in [7, 11) is 0. The van der Waals surface area contributed by atoms with Crippen LogP contribution in [0.5, 0.6) is 0 Å². The lowest BCUT2D eigenvalue weighted by Crippen LogP contribution is -2.10. The van der Waals surface area contributed by atoms with Crippen molar-refractivity contribution >= 4 is 15.9 Å². The third-order valence-corrected chi connectivity index (χ3v) is 2.36. The fourth-order valence-electron chi connectivity index (χ4n) is 0.926. The van der Waals surface area contributed by atoms with E-state index in [4.69, 9.17) is 0 Å². The fraction of sp³-hybridized carbons (Fsp3) is 0.500. The van der Waals surface area contributed by atoms with Gasteiger partial charge in [-0.1, -0.05) is 20.8 Å². The van der Waals surface area contributed by atoms with Gasteiger partial charge in [-0.05, 0) is 26.9 Å². The second-order valence-electron chi connectivity index (χ2n) is 3.58. The molecule has 0 saturated carbocycles. The van der Waals surface area contributed by atoms with Crippen molar-refractivity contribution in [3.8, 4) is 0 Å². The molecule has 0 atom stereocenters. The van der Waals surface area contributed by atoms with Crippen molar-refractivity contribution in [2.45, 2.75) is 26.2 Å². The molecule has 1 N–H and O–H groups in total. The average Bonchev–Trinajstić information content (AvgIpc) is 2.11. The zero-order valence-electron chi connectivity index (χ0n) is 6.83. The minimum atomic E-state index is -0.296. The summed E-state index contributed by atoms with van der Waals surface area (Å²) in [6, 6.07) is 0. The van der Waals surface area contributed by atoms with Gasteiger partial charge >= 0.3 is 0 Å². The lowest BCUT2D eigenvalue weighted by Gasteiger charge is -2.16. The standard InChI is InChI=1S/C8H11BrFN/c1-8(2,3)5-4-11-7(10)6(5)9/h4,11H,1-3H3. The summed E-state index contributed by atoms with van der Waals surface area (Å²) in [6.45, 7) is 6.13. The van der Waals surface area contributed by atoms with E-state index in [1.165, 1.54) is 0 Å². The Balaban J connectivity index is 3.15. The number of rotatable bonds is 0. The van der Waals surface area contributed by atoms with E-state index in [-0.39, 0.29) is 11.4 Å². The van der Waals surface area contributed by atoms with E-state index in [1.54, 1.807) is 6.20 Å². The van der Waals surface area contributed by atoms with Crippen LogP contribution in [0, 0.1) is 5.95 Å². The Bertz CT molecular complexity index is 260. The van der Waals surface area contributed by atoms with E-state index in [1.807, 2.05) is 20.8 Å². The normalized spacial score (nSPS) is 12.1. The minimum absolute atomic E-state index is 0.0142. The lowest BCUT2D eigenvalue weighted by molar-refractivity contribution is 0.570. The lowest BCUT2D eigenvalue weighted by atomic mass is 9.89. The Morgan fingerprint density at radius 3 is 2.18 bits per heavy atom. The predicted octanol–water partition coefficient (Wildman–Crippen LogP) is 3.21. The second-order valence-corrected chi connectivity index (χ2v) is 4.37. The molecule has 0 aliphatic carbocycles. The number of aromatic amines is 1. The van der Waals surface area contributed by atoms with Crippen LogP contribution in [0.15, 0.2) is 10.7 Å². The van der Waals surface area contributed by atoms with Crippen LogP contribution in [0.1, 0.15) is 26.3 Å². The van der Waals surface area contributed by atoms with Gasteiger partial charge in [-0.3, -0.25) is 0 Å². The van der Waals surface area contributed by atoms with Crippen LogP contribution in [0.25, 0.3) is 0 Å². The molecule has 11 heavy (non-hydrogen) atoms. The molecule has 62 valence electrons. The van der Waals surface area contributed by atoms with Gasteiger partial charge in [0.2, 0.25) is 5.95 Å². The first-order chi connectivity index (χ1) is 4.93. The van der Waals surface area contributed by atoms with Gasteiger partial charge in [0, 0.05) is 6.20 Å². The largest absolute Gasteiger partial charge is 0.337 e. The fourth-order valence-corrected chi connectivity index (χ4v) is 1.75. The zero-order chi connectivity index (χ0) is 8.65. The van der Waals surface area contributed by atoms with E-state index in [2.05, 4.69) is 20.9 Å². The molecule has 0 saturated heterocycles. The Morgan fingerprint density at radius 1 is 1.45 bits per heavy atom. The van der Waals surface area contributed by atoms with Crippen molar-refractivity contribution in [3.05, 3.63) is 22.2 Å². The summed E-state index contributed by atoms with van der Waals surface area (Å²) in [5.41, 5.74) is 0.953. The molecular formula is C8H11BrFN. The highest BCUT2D eigenvalue weighted by Crippen LogP contribution is 2.30. The second kappa shape index (κ2) is 2.63. The van der Waals surface area contributed by atoms with E-state index in [0.717, 1.165) is 5.56 Å². The molecule has 0 spiro atoms. The van der Waals surface area contributed by atoms with Crippen molar-refractivity contribution in [2.75, 3.05) is 0 Å². The summed E-state index contributed by atoms with van der Waals surface area (Å²) < 4.78 is 13.3. The number of nitrogens with one attached hydrogen (secondary N) is 1. The van der Waals surface area contributed by atoms with Gasteiger partial charge in [0.25, 0.3) is 0 Å². The monoisotopic (exact) mass is 219 g/mol. The molecule has 0 radical (unpaired) electrons. The highest BCUT2D eigenvalue weighted by Gasteiger charge is 2.20. The van der Waals surface area contributed by atoms with Gasteiger partial charge in [0.15, 0.2) is 0 Å². The number of halogens is 2. The first-order valence-corrected chi connectivity index (χ1v) is 4.25. The Hall–Kier alpha value is -0.310. The van der Waals surface area contributed by atoms with Crippen molar-refractivity contribution in [2.24, 2.45) is 0 Å². The van der Waals surface area contributed by atoms with Crippen molar-refractivity contribution < 1.29 is 4.39 Å². The first-order valence-electron chi connectivity index (χ1n) is 3.46. The highest BCUT2D eigenvalue weighted by atomic mass is 79.9. The van der Waals surface area contributed by atoms with Crippen LogP contribution in [0.2, 0.25) is 0 Å². The van der Waals surface area contributed by atoms with Crippen LogP contribution in [0.4, 0.5) is 4.39 Å². The average molecular weight is 220 g/mol. The zero-order valence-corrected chi connectivity index (χ0v) is 8.42. The van der Waals surface area contributed by atoms with Crippen LogP contribution in [0.3, 0.4) is 0 Å². The maximum atomic E-state index is 12.8. The number of H-pyrrole nitrogens is 1.